The number of piperidine rings is 1. The SMILES string of the molecule is O=C(O)[C@H]1CCCN([C@H](C(=O)O)c2c[nH]c3ccc(OCc4ccccc4)cc23)C1. The number of likely N-dealkylation sites (tertiary alicyclic amines) is 1. The molecule has 7 nitrogen and oxygen atoms in total. The first kappa shape index (κ1) is 20.0. The van der Waals surface area contributed by atoms with Crippen molar-refractivity contribution in [3.8, 4) is 5.75 Å². The first-order valence-corrected chi connectivity index (χ1v) is 10.0. The first-order valence-electron chi connectivity index (χ1n) is 10.0. The molecule has 0 aliphatic carbocycles. The van der Waals surface area contributed by atoms with Gasteiger partial charge in [-0.2, -0.15) is 0 Å². The van der Waals surface area contributed by atoms with Gasteiger partial charge in [0.25, 0.3) is 0 Å². The lowest BCUT2D eigenvalue weighted by Crippen LogP contribution is -2.43. The Kier molecular flexibility index (Phi) is 5.72. The zero-order valence-electron chi connectivity index (χ0n) is 16.5. The molecule has 1 aliphatic heterocycles. The summed E-state index contributed by atoms with van der Waals surface area (Å²) >= 11 is 0. The molecule has 30 heavy (non-hydrogen) atoms. The second kappa shape index (κ2) is 8.59. The molecule has 2 aromatic carbocycles. The van der Waals surface area contributed by atoms with Gasteiger partial charge in [0.1, 0.15) is 18.4 Å². The summed E-state index contributed by atoms with van der Waals surface area (Å²) in [6, 6.07) is 14.5. The van der Waals surface area contributed by atoms with Crippen molar-refractivity contribution in [2.75, 3.05) is 13.1 Å². The van der Waals surface area contributed by atoms with Gasteiger partial charge >= 0.3 is 11.9 Å². The van der Waals surface area contributed by atoms with Gasteiger partial charge in [-0.3, -0.25) is 14.5 Å². The highest BCUT2D eigenvalue weighted by Gasteiger charge is 2.35. The highest BCUT2D eigenvalue weighted by atomic mass is 16.5. The Morgan fingerprint density at radius 2 is 1.97 bits per heavy atom. The Morgan fingerprint density at radius 1 is 1.17 bits per heavy atom. The fourth-order valence-corrected chi connectivity index (χ4v) is 4.11. The summed E-state index contributed by atoms with van der Waals surface area (Å²) in [6.45, 7) is 1.20. The molecule has 3 N–H and O–H groups in total. The number of hydrogen-bond acceptors (Lipinski definition) is 4. The van der Waals surface area contributed by atoms with Crippen LogP contribution in [0.25, 0.3) is 10.9 Å². The van der Waals surface area contributed by atoms with Crippen LogP contribution >= 0.6 is 0 Å². The number of aromatic nitrogens is 1. The number of hydrogen-bond donors (Lipinski definition) is 3. The molecule has 0 bridgehead atoms. The normalized spacial score (nSPS) is 18.2. The molecule has 0 amide bonds. The van der Waals surface area contributed by atoms with Crippen molar-refractivity contribution >= 4 is 22.8 Å². The summed E-state index contributed by atoms with van der Waals surface area (Å²) in [5.41, 5.74) is 2.48. The quantitative estimate of drug-likeness (QED) is 0.551. The molecule has 2 heterocycles. The smallest absolute Gasteiger partial charge is 0.325 e. The molecule has 2 atom stereocenters. The van der Waals surface area contributed by atoms with Crippen molar-refractivity contribution in [1.29, 1.82) is 0 Å². The molecular formula is C23H24N2O5. The zero-order valence-corrected chi connectivity index (χ0v) is 16.5. The molecule has 0 spiro atoms. The van der Waals surface area contributed by atoms with E-state index in [2.05, 4.69) is 4.98 Å². The van der Waals surface area contributed by atoms with Gasteiger partial charge in [0.2, 0.25) is 0 Å². The van der Waals surface area contributed by atoms with Crippen LogP contribution in [0.15, 0.2) is 54.7 Å². The number of aliphatic carboxylic acids is 2. The van der Waals surface area contributed by atoms with E-state index in [1.54, 1.807) is 11.1 Å². The van der Waals surface area contributed by atoms with E-state index < -0.39 is 23.9 Å². The molecular weight excluding hydrogens is 384 g/mol. The van der Waals surface area contributed by atoms with Gasteiger partial charge in [-0.1, -0.05) is 30.3 Å². The highest BCUT2D eigenvalue weighted by Crippen LogP contribution is 2.33. The zero-order chi connectivity index (χ0) is 21.1. The number of benzene rings is 2. The number of ether oxygens (including phenoxy) is 1. The van der Waals surface area contributed by atoms with E-state index in [0.717, 1.165) is 16.5 Å². The second-order valence-corrected chi connectivity index (χ2v) is 7.64. The maximum absolute atomic E-state index is 12.2. The summed E-state index contributed by atoms with van der Waals surface area (Å²) in [6.07, 6.45) is 2.94. The number of nitrogens with zero attached hydrogens (tertiary/aromatic N) is 1. The highest BCUT2D eigenvalue weighted by molar-refractivity contribution is 5.90. The minimum atomic E-state index is -0.988. The van der Waals surface area contributed by atoms with Crippen LogP contribution in [0.4, 0.5) is 0 Å². The van der Waals surface area contributed by atoms with Crippen LogP contribution in [-0.2, 0) is 16.2 Å². The number of carboxylic acid groups (broad SMARTS) is 2. The summed E-state index contributed by atoms with van der Waals surface area (Å²) < 4.78 is 5.91. The molecule has 156 valence electrons. The van der Waals surface area contributed by atoms with Crippen molar-refractivity contribution in [3.63, 3.8) is 0 Å². The Bertz CT molecular complexity index is 1050. The van der Waals surface area contributed by atoms with E-state index in [0.29, 0.717) is 37.3 Å². The lowest BCUT2D eigenvalue weighted by atomic mass is 9.94. The first-order chi connectivity index (χ1) is 14.5. The maximum atomic E-state index is 12.2. The van der Waals surface area contributed by atoms with Crippen LogP contribution in [0.5, 0.6) is 5.75 Å². The van der Waals surface area contributed by atoms with E-state index in [4.69, 9.17) is 4.74 Å². The van der Waals surface area contributed by atoms with E-state index in [-0.39, 0.29) is 6.54 Å². The third-order valence-corrected chi connectivity index (χ3v) is 5.63. The molecule has 1 aliphatic rings. The standard InChI is InChI=1S/C23H24N2O5/c26-22(27)16-7-4-10-25(13-16)21(23(28)29)19-12-24-20-9-8-17(11-18(19)20)30-14-15-5-2-1-3-6-15/h1-3,5-6,8-9,11-12,16,21,24H,4,7,10,13-14H2,(H,26,27)(H,28,29)/t16-,21-/m0/s1. The molecule has 1 saturated heterocycles. The van der Waals surface area contributed by atoms with Crippen LogP contribution in [0.1, 0.15) is 30.0 Å². The number of fused-ring (bicyclic) bond motifs is 1. The maximum Gasteiger partial charge on any atom is 0.325 e. The van der Waals surface area contributed by atoms with Gasteiger partial charge in [0.15, 0.2) is 0 Å². The number of nitrogens with one attached hydrogen (secondary N) is 1. The van der Waals surface area contributed by atoms with Gasteiger partial charge in [0, 0.05) is 29.2 Å². The van der Waals surface area contributed by atoms with Crippen molar-refractivity contribution in [2.45, 2.75) is 25.5 Å². The third kappa shape index (κ3) is 4.16. The predicted octanol–water partition coefficient (Wildman–Crippen LogP) is 3.67. The average Bonchev–Trinajstić information content (AvgIpc) is 3.16. The van der Waals surface area contributed by atoms with Gasteiger partial charge in [-0.05, 0) is 43.1 Å². The minimum absolute atomic E-state index is 0.225. The van der Waals surface area contributed by atoms with Crippen LogP contribution in [-0.4, -0.2) is 45.1 Å². The number of aromatic amines is 1. The summed E-state index contributed by atoms with van der Waals surface area (Å²) in [7, 11) is 0. The van der Waals surface area contributed by atoms with Crippen molar-refractivity contribution in [2.24, 2.45) is 5.92 Å². The molecule has 0 unspecified atom stereocenters. The predicted molar refractivity (Wildman–Crippen MR) is 111 cm³/mol. The van der Waals surface area contributed by atoms with Crippen LogP contribution < -0.4 is 4.74 Å². The second-order valence-electron chi connectivity index (χ2n) is 7.64. The van der Waals surface area contributed by atoms with Crippen LogP contribution in [0, 0.1) is 5.92 Å². The molecule has 0 saturated carbocycles. The van der Waals surface area contributed by atoms with E-state index in [9.17, 15) is 19.8 Å². The number of carbonyl (C=O) groups is 2. The summed E-state index contributed by atoms with van der Waals surface area (Å²) in [5, 5.41) is 20.1. The Hall–Kier alpha value is -3.32. The van der Waals surface area contributed by atoms with Crippen LogP contribution in [0.3, 0.4) is 0 Å². The molecule has 7 heteroatoms. The molecule has 4 rings (SSSR count). The van der Waals surface area contributed by atoms with Crippen molar-refractivity contribution in [3.05, 3.63) is 65.9 Å². The van der Waals surface area contributed by atoms with E-state index in [1.807, 2.05) is 48.5 Å². The summed E-state index contributed by atoms with van der Waals surface area (Å²) in [5.74, 6) is -1.76. The van der Waals surface area contributed by atoms with E-state index >= 15 is 0 Å². The third-order valence-electron chi connectivity index (χ3n) is 5.63. The largest absolute Gasteiger partial charge is 0.489 e. The van der Waals surface area contributed by atoms with Gasteiger partial charge in [-0.15, -0.1) is 0 Å². The van der Waals surface area contributed by atoms with Crippen molar-refractivity contribution in [1.82, 2.24) is 9.88 Å². The fourth-order valence-electron chi connectivity index (χ4n) is 4.11. The number of H-pyrrole nitrogens is 1. The number of carboxylic acids is 2. The minimum Gasteiger partial charge on any atom is -0.489 e. The lowest BCUT2D eigenvalue weighted by Gasteiger charge is -2.34. The van der Waals surface area contributed by atoms with E-state index in [1.165, 1.54) is 0 Å². The molecule has 1 aromatic heterocycles. The van der Waals surface area contributed by atoms with Gasteiger partial charge < -0.3 is 19.9 Å². The lowest BCUT2D eigenvalue weighted by molar-refractivity contribution is -0.149. The van der Waals surface area contributed by atoms with Crippen LogP contribution in [0.2, 0.25) is 0 Å². The monoisotopic (exact) mass is 408 g/mol. The Balaban J connectivity index is 1.61. The van der Waals surface area contributed by atoms with Gasteiger partial charge in [-0.25, -0.2) is 0 Å². The van der Waals surface area contributed by atoms with Gasteiger partial charge in [0.05, 0.1) is 5.92 Å². The number of rotatable bonds is 7. The Labute approximate surface area is 173 Å². The summed E-state index contributed by atoms with van der Waals surface area (Å²) in [4.78, 5) is 28.5. The van der Waals surface area contributed by atoms with Crippen molar-refractivity contribution < 1.29 is 24.5 Å². The molecule has 1 fully saturated rings. The molecule has 3 aromatic rings. The fraction of sp³-hybridized carbons (Fsp3) is 0.304. The average molecular weight is 408 g/mol. The molecule has 0 radical (unpaired) electrons. The Morgan fingerprint density at radius 3 is 2.70 bits per heavy atom. The topological polar surface area (TPSA) is 103 Å².